The molecule has 27 heavy (non-hydrogen) atoms. The maximum Gasteiger partial charge on any atom is 0.321 e. The number of hydrogen-bond donors (Lipinski definition) is 2. The smallest absolute Gasteiger partial charge is 0.321 e. The number of amides is 3. The molecule has 3 amide bonds. The molecule has 138 valence electrons. The van der Waals surface area contributed by atoms with Crippen LogP contribution in [0.5, 0.6) is 0 Å². The predicted molar refractivity (Wildman–Crippen MR) is 108 cm³/mol. The van der Waals surface area contributed by atoms with Crippen LogP contribution in [-0.2, 0) is 4.79 Å². The Balaban J connectivity index is 1.49. The molecular weight excluding hydrogens is 380 g/mol. The SMILES string of the molecule is Cc1nc(SCC(=O)NC(=O)NC2CC2)c2cc(-c3ccccc3)sc2n1. The van der Waals surface area contributed by atoms with E-state index in [1.165, 1.54) is 11.8 Å². The van der Waals surface area contributed by atoms with Crippen LogP contribution in [0.3, 0.4) is 0 Å². The molecule has 3 aromatic rings. The van der Waals surface area contributed by atoms with Gasteiger partial charge in [-0.15, -0.1) is 11.3 Å². The minimum atomic E-state index is -0.422. The molecule has 0 saturated heterocycles. The molecule has 0 spiro atoms. The first-order valence-electron chi connectivity index (χ1n) is 8.65. The van der Waals surface area contributed by atoms with Crippen molar-refractivity contribution in [2.45, 2.75) is 30.8 Å². The second-order valence-corrected chi connectivity index (χ2v) is 8.35. The van der Waals surface area contributed by atoms with Crippen molar-refractivity contribution in [2.24, 2.45) is 0 Å². The second-order valence-electron chi connectivity index (χ2n) is 6.36. The lowest BCUT2D eigenvalue weighted by molar-refractivity contribution is -0.117. The molecule has 8 heteroatoms. The van der Waals surface area contributed by atoms with Crippen molar-refractivity contribution in [3.63, 3.8) is 0 Å². The summed E-state index contributed by atoms with van der Waals surface area (Å²) in [7, 11) is 0. The molecule has 2 heterocycles. The molecule has 2 N–H and O–H groups in total. The van der Waals surface area contributed by atoms with Crippen molar-refractivity contribution < 1.29 is 9.59 Å². The summed E-state index contributed by atoms with van der Waals surface area (Å²) < 4.78 is 0. The summed E-state index contributed by atoms with van der Waals surface area (Å²) in [6.07, 6.45) is 1.97. The molecule has 0 aliphatic heterocycles. The summed E-state index contributed by atoms with van der Waals surface area (Å²) in [4.78, 5) is 34.7. The van der Waals surface area contributed by atoms with Gasteiger partial charge in [-0.3, -0.25) is 10.1 Å². The number of aromatic nitrogens is 2. The molecule has 1 saturated carbocycles. The van der Waals surface area contributed by atoms with E-state index < -0.39 is 6.03 Å². The molecule has 0 radical (unpaired) electrons. The Hall–Kier alpha value is -2.45. The lowest BCUT2D eigenvalue weighted by Gasteiger charge is -2.06. The number of rotatable bonds is 5. The minimum Gasteiger partial charge on any atom is -0.335 e. The van der Waals surface area contributed by atoms with Gasteiger partial charge in [0, 0.05) is 16.3 Å². The van der Waals surface area contributed by atoms with E-state index in [4.69, 9.17) is 0 Å². The summed E-state index contributed by atoms with van der Waals surface area (Å²) in [5, 5.41) is 6.80. The topological polar surface area (TPSA) is 84.0 Å². The van der Waals surface area contributed by atoms with Crippen LogP contribution in [0, 0.1) is 6.92 Å². The van der Waals surface area contributed by atoms with Crippen LogP contribution < -0.4 is 10.6 Å². The fraction of sp³-hybridized carbons (Fsp3) is 0.263. The van der Waals surface area contributed by atoms with Gasteiger partial charge in [-0.25, -0.2) is 14.8 Å². The third-order valence-electron chi connectivity index (χ3n) is 4.03. The van der Waals surface area contributed by atoms with Crippen molar-refractivity contribution in [1.82, 2.24) is 20.6 Å². The maximum atomic E-state index is 12.0. The molecule has 1 fully saturated rings. The maximum absolute atomic E-state index is 12.0. The van der Waals surface area contributed by atoms with Gasteiger partial charge in [0.2, 0.25) is 5.91 Å². The zero-order valence-electron chi connectivity index (χ0n) is 14.7. The number of nitrogens with one attached hydrogen (secondary N) is 2. The number of nitrogens with zero attached hydrogens (tertiary/aromatic N) is 2. The second kappa shape index (κ2) is 7.66. The standard InChI is InChI=1S/C19H18N4O2S2/c1-11-20-17(26-10-16(24)23-19(25)22-13-7-8-13)14-9-15(27-18(14)21-11)12-5-3-2-4-6-12/h2-6,9,13H,7-8,10H2,1H3,(H2,22,23,24,25). The molecule has 4 rings (SSSR count). The average molecular weight is 399 g/mol. The summed E-state index contributed by atoms with van der Waals surface area (Å²) >= 11 is 2.93. The largest absolute Gasteiger partial charge is 0.335 e. The molecule has 0 atom stereocenters. The highest BCUT2D eigenvalue weighted by Crippen LogP contribution is 2.36. The highest BCUT2D eigenvalue weighted by Gasteiger charge is 2.24. The number of thiophene rings is 1. The Bertz CT molecular complexity index is 1000. The van der Waals surface area contributed by atoms with Crippen LogP contribution in [0.15, 0.2) is 41.4 Å². The lowest BCUT2D eigenvalue weighted by Crippen LogP contribution is -2.41. The van der Waals surface area contributed by atoms with E-state index in [9.17, 15) is 9.59 Å². The van der Waals surface area contributed by atoms with E-state index in [0.717, 1.165) is 38.5 Å². The Morgan fingerprint density at radius 3 is 2.74 bits per heavy atom. The third-order valence-corrected chi connectivity index (χ3v) is 6.10. The lowest BCUT2D eigenvalue weighted by atomic mass is 10.2. The van der Waals surface area contributed by atoms with Crippen LogP contribution in [-0.4, -0.2) is 33.7 Å². The Labute approximate surface area is 164 Å². The van der Waals surface area contributed by atoms with Gasteiger partial charge in [0.25, 0.3) is 0 Å². The van der Waals surface area contributed by atoms with Crippen molar-refractivity contribution in [3.05, 3.63) is 42.2 Å². The number of imide groups is 1. The molecule has 2 aromatic heterocycles. The highest BCUT2D eigenvalue weighted by atomic mass is 32.2. The number of hydrogen-bond acceptors (Lipinski definition) is 6. The first kappa shape index (κ1) is 17.9. The molecule has 0 bridgehead atoms. The summed E-state index contributed by atoms with van der Waals surface area (Å²) in [5.41, 5.74) is 1.13. The Morgan fingerprint density at radius 2 is 2.00 bits per heavy atom. The van der Waals surface area contributed by atoms with Crippen LogP contribution in [0.1, 0.15) is 18.7 Å². The number of fused-ring (bicyclic) bond motifs is 1. The fourth-order valence-electron chi connectivity index (χ4n) is 2.60. The number of aryl methyl sites for hydroxylation is 1. The van der Waals surface area contributed by atoms with Gasteiger partial charge >= 0.3 is 6.03 Å². The molecule has 1 aliphatic carbocycles. The van der Waals surface area contributed by atoms with Crippen molar-refractivity contribution in [2.75, 3.05) is 5.75 Å². The number of thioether (sulfide) groups is 1. The molecule has 1 aromatic carbocycles. The van der Waals surface area contributed by atoms with Crippen LogP contribution in [0.25, 0.3) is 20.7 Å². The van der Waals surface area contributed by atoms with Crippen LogP contribution >= 0.6 is 23.1 Å². The number of urea groups is 1. The summed E-state index contributed by atoms with van der Waals surface area (Å²) in [6, 6.07) is 12.0. The van der Waals surface area contributed by atoms with E-state index in [0.29, 0.717) is 5.82 Å². The molecule has 0 unspecified atom stereocenters. The van der Waals surface area contributed by atoms with Gasteiger partial charge in [-0.2, -0.15) is 0 Å². The quantitative estimate of drug-likeness (QED) is 0.505. The summed E-state index contributed by atoms with van der Waals surface area (Å²) in [6.45, 7) is 1.84. The van der Waals surface area contributed by atoms with Crippen LogP contribution in [0.4, 0.5) is 4.79 Å². The van der Waals surface area contributed by atoms with E-state index in [1.54, 1.807) is 11.3 Å². The van der Waals surface area contributed by atoms with E-state index in [-0.39, 0.29) is 17.7 Å². The average Bonchev–Trinajstić information content (AvgIpc) is 3.35. The van der Waals surface area contributed by atoms with E-state index in [1.807, 2.05) is 25.1 Å². The Kier molecular flexibility index (Phi) is 5.09. The van der Waals surface area contributed by atoms with E-state index in [2.05, 4.69) is 38.8 Å². The van der Waals surface area contributed by atoms with Gasteiger partial charge in [-0.1, -0.05) is 42.1 Å². The van der Waals surface area contributed by atoms with Gasteiger partial charge in [0.1, 0.15) is 15.7 Å². The fourth-order valence-corrected chi connectivity index (χ4v) is 4.59. The predicted octanol–water partition coefficient (Wildman–Crippen LogP) is 3.75. The minimum absolute atomic E-state index is 0.125. The first-order valence-corrected chi connectivity index (χ1v) is 10.5. The molecule has 1 aliphatic rings. The Morgan fingerprint density at radius 1 is 1.22 bits per heavy atom. The monoisotopic (exact) mass is 398 g/mol. The third kappa shape index (κ3) is 4.45. The highest BCUT2D eigenvalue weighted by molar-refractivity contribution is 8.00. The van der Waals surface area contributed by atoms with E-state index >= 15 is 0 Å². The van der Waals surface area contributed by atoms with Crippen molar-refractivity contribution >= 4 is 45.3 Å². The zero-order chi connectivity index (χ0) is 18.8. The number of carbonyl (C=O) groups excluding carboxylic acids is 2. The van der Waals surface area contributed by atoms with Gasteiger partial charge in [0.05, 0.1) is 5.75 Å². The normalized spacial score (nSPS) is 13.5. The first-order chi connectivity index (χ1) is 13.1. The number of carbonyl (C=O) groups is 2. The van der Waals surface area contributed by atoms with Crippen LogP contribution in [0.2, 0.25) is 0 Å². The van der Waals surface area contributed by atoms with Gasteiger partial charge in [-0.05, 0) is 31.4 Å². The van der Waals surface area contributed by atoms with Gasteiger partial charge in [0.15, 0.2) is 0 Å². The number of benzene rings is 1. The molecular formula is C19H18N4O2S2. The molecule has 6 nitrogen and oxygen atoms in total. The van der Waals surface area contributed by atoms with Gasteiger partial charge < -0.3 is 5.32 Å². The van der Waals surface area contributed by atoms with Crippen molar-refractivity contribution in [3.8, 4) is 10.4 Å². The van der Waals surface area contributed by atoms with Crippen molar-refractivity contribution in [1.29, 1.82) is 0 Å². The zero-order valence-corrected chi connectivity index (χ0v) is 16.3. The summed E-state index contributed by atoms with van der Waals surface area (Å²) in [5.74, 6) is 0.458.